The zero-order valence-electron chi connectivity index (χ0n) is 9.04. The van der Waals surface area contributed by atoms with Gasteiger partial charge in [-0.05, 0) is 25.6 Å². The minimum absolute atomic E-state index is 0.656. The highest BCUT2D eigenvalue weighted by Crippen LogP contribution is 2.12. The van der Waals surface area contributed by atoms with E-state index in [-0.39, 0.29) is 0 Å². The number of benzene rings is 1. The second kappa shape index (κ2) is 4.58. The van der Waals surface area contributed by atoms with Crippen molar-refractivity contribution in [3.8, 4) is 0 Å². The van der Waals surface area contributed by atoms with E-state index in [2.05, 4.69) is 50.2 Å². The van der Waals surface area contributed by atoms with Gasteiger partial charge in [-0.1, -0.05) is 36.4 Å². The summed E-state index contributed by atoms with van der Waals surface area (Å²) >= 11 is 0. The minimum atomic E-state index is 0.656. The molecule has 0 aliphatic rings. The molecule has 1 aromatic carbocycles. The average Bonchev–Trinajstić information content (AvgIpc) is 2.03. The SMILES string of the molecule is CC(CN(C)C)c1ccccc1[SiH3]. The summed E-state index contributed by atoms with van der Waals surface area (Å²) in [6.07, 6.45) is 0. The van der Waals surface area contributed by atoms with Crippen LogP contribution in [0.15, 0.2) is 24.3 Å². The maximum atomic E-state index is 2.30. The van der Waals surface area contributed by atoms with Gasteiger partial charge in [0.05, 0.1) is 0 Å². The fourth-order valence-corrected chi connectivity index (χ4v) is 2.64. The first-order valence-corrected chi connectivity index (χ1v) is 5.81. The molecule has 72 valence electrons. The molecule has 0 aromatic heterocycles. The number of rotatable bonds is 3. The monoisotopic (exact) mass is 193 g/mol. The van der Waals surface area contributed by atoms with Crippen LogP contribution < -0.4 is 5.19 Å². The van der Waals surface area contributed by atoms with E-state index < -0.39 is 0 Å². The van der Waals surface area contributed by atoms with E-state index in [1.54, 1.807) is 0 Å². The molecule has 0 radical (unpaired) electrons. The predicted molar refractivity (Wildman–Crippen MR) is 63.0 cm³/mol. The van der Waals surface area contributed by atoms with Crippen molar-refractivity contribution in [2.24, 2.45) is 0 Å². The van der Waals surface area contributed by atoms with E-state index in [1.807, 2.05) is 0 Å². The maximum absolute atomic E-state index is 2.30. The van der Waals surface area contributed by atoms with Gasteiger partial charge in [0.1, 0.15) is 0 Å². The van der Waals surface area contributed by atoms with E-state index in [0.717, 1.165) is 16.8 Å². The van der Waals surface area contributed by atoms with E-state index >= 15 is 0 Å². The molecule has 2 heteroatoms. The Kier molecular flexibility index (Phi) is 3.69. The van der Waals surface area contributed by atoms with Gasteiger partial charge in [-0.2, -0.15) is 0 Å². The van der Waals surface area contributed by atoms with E-state index in [0.29, 0.717) is 5.92 Å². The van der Waals surface area contributed by atoms with Gasteiger partial charge in [0.25, 0.3) is 0 Å². The lowest BCUT2D eigenvalue weighted by Crippen LogP contribution is -2.22. The molecular formula is C11H19NSi. The summed E-state index contributed by atoms with van der Waals surface area (Å²) in [5, 5.41) is 1.54. The normalized spacial score (nSPS) is 13.5. The molecule has 0 spiro atoms. The van der Waals surface area contributed by atoms with Gasteiger partial charge in [0, 0.05) is 16.8 Å². The Bertz CT molecular complexity index is 271. The van der Waals surface area contributed by atoms with E-state index in [9.17, 15) is 0 Å². The summed E-state index contributed by atoms with van der Waals surface area (Å²) in [6, 6.07) is 8.78. The quantitative estimate of drug-likeness (QED) is 0.626. The van der Waals surface area contributed by atoms with Crippen LogP contribution in [0, 0.1) is 0 Å². The molecule has 0 saturated heterocycles. The summed E-state index contributed by atoms with van der Waals surface area (Å²) in [6.45, 7) is 3.44. The third kappa shape index (κ3) is 2.97. The first-order valence-electron chi connectivity index (χ1n) is 4.81. The third-order valence-electron chi connectivity index (χ3n) is 2.36. The molecular weight excluding hydrogens is 174 g/mol. The summed E-state index contributed by atoms with van der Waals surface area (Å²) < 4.78 is 0. The summed E-state index contributed by atoms with van der Waals surface area (Å²) in [7, 11) is 5.42. The van der Waals surface area contributed by atoms with Crippen molar-refractivity contribution in [1.29, 1.82) is 0 Å². The van der Waals surface area contributed by atoms with Crippen LogP contribution in [0.25, 0.3) is 0 Å². The molecule has 1 aromatic rings. The lowest BCUT2D eigenvalue weighted by atomic mass is 10.0. The van der Waals surface area contributed by atoms with Crippen LogP contribution in [0.4, 0.5) is 0 Å². The molecule has 1 rings (SSSR count). The summed E-state index contributed by atoms with van der Waals surface area (Å²) in [5.41, 5.74) is 1.53. The molecule has 1 atom stereocenters. The fourth-order valence-electron chi connectivity index (χ4n) is 1.79. The Hall–Kier alpha value is -0.603. The first-order chi connectivity index (χ1) is 6.11. The van der Waals surface area contributed by atoms with Crippen LogP contribution >= 0.6 is 0 Å². The van der Waals surface area contributed by atoms with Gasteiger partial charge in [0.15, 0.2) is 0 Å². The molecule has 0 fully saturated rings. The van der Waals surface area contributed by atoms with Crippen LogP contribution in [0.3, 0.4) is 0 Å². The van der Waals surface area contributed by atoms with Gasteiger partial charge < -0.3 is 4.90 Å². The van der Waals surface area contributed by atoms with Gasteiger partial charge in [-0.15, -0.1) is 0 Å². The lowest BCUT2D eigenvalue weighted by Gasteiger charge is -2.18. The molecule has 0 heterocycles. The highest BCUT2D eigenvalue weighted by atomic mass is 28.1. The number of likely N-dealkylation sites (N-methyl/N-ethyl adjacent to an activating group) is 1. The Morgan fingerprint density at radius 2 is 1.92 bits per heavy atom. The zero-order valence-corrected chi connectivity index (χ0v) is 11.0. The van der Waals surface area contributed by atoms with Crippen LogP contribution in [0.5, 0.6) is 0 Å². The van der Waals surface area contributed by atoms with Crippen molar-refractivity contribution in [2.45, 2.75) is 12.8 Å². The van der Waals surface area contributed by atoms with Gasteiger partial charge >= 0.3 is 0 Å². The summed E-state index contributed by atoms with van der Waals surface area (Å²) in [5.74, 6) is 0.656. The Labute approximate surface area is 84.2 Å². The molecule has 0 bridgehead atoms. The largest absolute Gasteiger partial charge is 0.309 e. The second-order valence-corrected chi connectivity index (χ2v) is 5.10. The van der Waals surface area contributed by atoms with Crippen LogP contribution in [0.2, 0.25) is 0 Å². The van der Waals surface area contributed by atoms with Gasteiger partial charge in [-0.3, -0.25) is 0 Å². The number of hydrogen-bond acceptors (Lipinski definition) is 1. The van der Waals surface area contributed by atoms with E-state index in [1.165, 1.54) is 10.8 Å². The smallest absolute Gasteiger partial charge is 0.0388 e. The fraction of sp³-hybridized carbons (Fsp3) is 0.455. The highest BCUT2D eigenvalue weighted by Gasteiger charge is 2.07. The Morgan fingerprint density at radius 1 is 1.31 bits per heavy atom. The topological polar surface area (TPSA) is 3.24 Å². The standard InChI is InChI=1S/C11H19NSi/c1-9(8-12(2)3)10-6-4-5-7-11(10)13/h4-7,9H,8H2,1-3,13H3. The van der Waals surface area contributed by atoms with Crippen LogP contribution in [-0.2, 0) is 0 Å². The van der Waals surface area contributed by atoms with Gasteiger partial charge in [-0.25, -0.2) is 0 Å². The predicted octanol–water partition coefficient (Wildman–Crippen LogP) is 0.342. The maximum Gasteiger partial charge on any atom is 0.0388 e. The Balaban J connectivity index is 2.76. The first kappa shape index (κ1) is 10.5. The zero-order chi connectivity index (χ0) is 9.84. The average molecular weight is 193 g/mol. The highest BCUT2D eigenvalue weighted by molar-refractivity contribution is 6.33. The van der Waals surface area contributed by atoms with Crippen molar-refractivity contribution in [3.05, 3.63) is 29.8 Å². The molecule has 1 nitrogen and oxygen atoms in total. The molecule has 0 saturated carbocycles. The third-order valence-corrected chi connectivity index (χ3v) is 3.27. The molecule has 0 N–H and O–H groups in total. The van der Waals surface area contributed by atoms with Crippen molar-refractivity contribution >= 4 is 15.4 Å². The van der Waals surface area contributed by atoms with Crippen LogP contribution in [0.1, 0.15) is 18.4 Å². The molecule has 0 aliphatic heterocycles. The summed E-state index contributed by atoms with van der Waals surface area (Å²) in [4.78, 5) is 2.25. The van der Waals surface area contributed by atoms with Crippen molar-refractivity contribution in [1.82, 2.24) is 4.90 Å². The van der Waals surface area contributed by atoms with E-state index in [4.69, 9.17) is 0 Å². The Morgan fingerprint density at radius 3 is 2.46 bits per heavy atom. The van der Waals surface area contributed by atoms with Crippen molar-refractivity contribution < 1.29 is 0 Å². The number of hydrogen-bond donors (Lipinski definition) is 0. The molecule has 0 amide bonds. The minimum Gasteiger partial charge on any atom is -0.309 e. The van der Waals surface area contributed by atoms with Crippen molar-refractivity contribution in [3.63, 3.8) is 0 Å². The molecule has 0 aliphatic carbocycles. The lowest BCUT2D eigenvalue weighted by molar-refractivity contribution is 0.383. The molecule has 13 heavy (non-hydrogen) atoms. The number of nitrogens with zero attached hydrogens (tertiary/aromatic N) is 1. The molecule has 1 unspecified atom stereocenters. The second-order valence-electron chi connectivity index (χ2n) is 4.02. The van der Waals surface area contributed by atoms with Gasteiger partial charge in [0.2, 0.25) is 0 Å². The van der Waals surface area contributed by atoms with Crippen molar-refractivity contribution in [2.75, 3.05) is 20.6 Å². The van der Waals surface area contributed by atoms with Crippen LogP contribution in [-0.4, -0.2) is 35.8 Å².